The summed E-state index contributed by atoms with van der Waals surface area (Å²) in [5.41, 5.74) is -0.173. The first-order valence-electron chi connectivity index (χ1n) is 11.1. The lowest BCUT2D eigenvalue weighted by Gasteiger charge is -2.43. The molecule has 0 unspecified atom stereocenters. The molecular formula is C23H33N3O3. The minimum Gasteiger partial charge on any atom is -0.379 e. The van der Waals surface area contributed by atoms with Gasteiger partial charge in [0.1, 0.15) is 0 Å². The summed E-state index contributed by atoms with van der Waals surface area (Å²) >= 11 is 0. The molecule has 2 aliphatic heterocycles. The zero-order valence-corrected chi connectivity index (χ0v) is 17.3. The second kappa shape index (κ2) is 8.84. The molecule has 4 rings (SSSR count). The van der Waals surface area contributed by atoms with E-state index in [0.29, 0.717) is 38.6 Å². The number of nitrogens with zero attached hydrogens (tertiary/aromatic N) is 3. The fraction of sp³-hybridized carbons (Fsp3) is 0.652. The number of piperazine rings is 1. The van der Waals surface area contributed by atoms with E-state index in [2.05, 4.69) is 12.1 Å². The average Bonchev–Trinajstić information content (AvgIpc) is 3.25. The van der Waals surface area contributed by atoms with E-state index in [1.165, 1.54) is 18.4 Å². The minimum atomic E-state index is -1.37. The van der Waals surface area contributed by atoms with Crippen molar-refractivity contribution in [2.75, 3.05) is 39.3 Å². The molecule has 0 spiro atoms. The molecular weight excluding hydrogens is 366 g/mol. The van der Waals surface area contributed by atoms with Gasteiger partial charge in [0.15, 0.2) is 5.60 Å². The third-order valence-electron chi connectivity index (χ3n) is 6.80. The summed E-state index contributed by atoms with van der Waals surface area (Å²) in [6, 6.07) is 10.5. The standard InChI is InChI=1S/C23H33N3O3/c27-21-17-24(15-16-26(21)20-9-4-5-10-20)18-23(29)12-6-13-25(22(23)28)14-11-19-7-2-1-3-8-19/h1-3,7-8,20,29H,4-6,9-18H2/t23-/m1/s1. The first-order valence-corrected chi connectivity index (χ1v) is 11.1. The molecule has 29 heavy (non-hydrogen) atoms. The number of benzene rings is 1. The summed E-state index contributed by atoms with van der Waals surface area (Å²) in [5.74, 6) is -0.0266. The maximum atomic E-state index is 13.1. The van der Waals surface area contributed by atoms with E-state index in [0.717, 1.165) is 32.2 Å². The lowest BCUT2D eigenvalue weighted by molar-refractivity contribution is -0.161. The number of piperidine rings is 1. The molecule has 2 saturated heterocycles. The van der Waals surface area contributed by atoms with E-state index in [1.807, 2.05) is 28.0 Å². The molecule has 6 heteroatoms. The molecule has 0 radical (unpaired) electrons. The third-order valence-corrected chi connectivity index (χ3v) is 6.80. The first kappa shape index (κ1) is 20.4. The second-order valence-corrected chi connectivity index (χ2v) is 8.90. The summed E-state index contributed by atoms with van der Waals surface area (Å²) in [4.78, 5) is 31.5. The topological polar surface area (TPSA) is 64.1 Å². The number of likely N-dealkylation sites (tertiary alicyclic amines) is 1. The Morgan fingerprint density at radius 3 is 2.48 bits per heavy atom. The second-order valence-electron chi connectivity index (χ2n) is 8.90. The molecule has 0 aromatic heterocycles. The highest BCUT2D eigenvalue weighted by Gasteiger charge is 2.44. The summed E-state index contributed by atoms with van der Waals surface area (Å²) in [6.07, 6.45) is 6.73. The van der Waals surface area contributed by atoms with E-state index in [-0.39, 0.29) is 18.4 Å². The largest absolute Gasteiger partial charge is 0.379 e. The zero-order valence-electron chi connectivity index (χ0n) is 17.3. The van der Waals surface area contributed by atoms with Crippen molar-refractivity contribution in [1.29, 1.82) is 0 Å². The molecule has 1 atom stereocenters. The van der Waals surface area contributed by atoms with Gasteiger partial charge in [-0.15, -0.1) is 0 Å². The van der Waals surface area contributed by atoms with Crippen molar-refractivity contribution < 1.29 is 14.7 Å². The van der Waals surface area contributed by atoms with Crippen LogP contribution in [-0.2, 0) is 16.0 Å². The minimum absolute atomic E-state index is 0.149. The highest BCUT2D eigenvalue weighted by Crippen LogP contribution is 2.27. The summed E-state index contributed by atoms with van der Waals surface area (Å²) in [6.45, 7) is 3.35. The van der Waals surface area contributed by atoms with Crippen molar-refractivity contribution in [2.45, 2.75) is 56.6 Å². The Labute approximate surface area is 173 Å². The van der Waals surface area contributed by atoms with Crippen molar-refractivity contribution in [1.82, 2.24) is 14.7 Å². The Hall–Kier alpha value is -1.92. The normalized spacial score (nSPS) is 27.1. The number of aliphatic hydroxyl groups is 1. The van der Waals surface area contributed by atoms with E-state index in [9.17, 15) is 14.7 Å². The number of amides is 2. The van der Waals surface area contributed by atoms with Crippen molar-refractivity contribution in [3.63, 3.8) is 0 Å². The van der Waals surface area contributed by atoms with Crippen LogP contribution < -0.4 is 0 Å². The quantitative estimate of drug-likeness (QED) is 0.790. The molecule has 1 N–H and O–H groups in total. The molecule has 6 nitrogen and oxygen atoms in total. The van der Waals surface area contributed by atoms with Crippen molar-refractivity contribution in [3.05, 3.63) is 35.9 Å². The van der Waals surface area contributed by atoms with Crippen LogP contribution >= 0.6 is 0 Å². The number of hydrogen-bond acceptors (Lipinski definition) is 4. The monoisotopic (exact) mass is 399 g/mol. The van der Waals surface area contributed by atoms with Gasteiger partial charge in [0, 0.05) is 38.8 Å². The van der Waals surface area contributed by atoms with Gasteiger partial charge < -0.3 is 14.9 Å². The van der Waals surface area contributed by atoms with Crippen LogP contribution in [0.15, 0.2) is 30.3 Å². The van der Waals surface area contributed by atoms with Crippen LogP contribution in [0.25, 0.3) is 0 Å². The van der Waals surface area contributed by atoms with Gasteiger partial charge in [-0.2, -0.15) is 0 Å². The lowest BCUT2D eigenvalue weighted by Crippen LogP contribution is -2.62. The SMILES string of the molecule is O=C1CN(C[C@]2(O)CCCN(CCc3ccccc3)C2=O)CCN1C1CCCC1. The number of rotatable bonds is 6. The van der Waals surface area contributed by atoms with E-state index < -0.39 is 5.60 Å². The van der Waals surface area contributed by atoms with Crippen LogP contribution in [0.3, 0.4) is 0 Å². The summed E-state index contributed by atoms with van der Waals surface area (Å²) in [5, 5.41) is 11.2. The maximum absolute atomic E-state index is 13.1. The van der Waals surface area contributed by atoms with Crippen LogP contribution in [-0.4, -0.2) is 82.5 Å². The van der Waals surface area contributed by atoms with E-state index in [1.54, 1.807) is 4.90 Å². The summed E-state index contributed by atoms with van der Waals surface area (Å²) < 4.78 is 0. The molecule has 1 aliphatic carbocycles. The Bertz CT molecular complexity index is 719. The predicted molar refractivity (Wildman–Crippen MR) is 111 cm³/mol. The van der Waals surface area contributed by atoms with Gasteiger partial charge in [-0.3, -0.25) is 14.5 Å². The zero-order chi connectivity index (χ0) is 20.3. The van der Waals surface area contributed by atoms with Gasteiger partial charge in [-0.05, 0) is 37.7 Å². The number of carbonyl (C=O) groups excluding carboxylic acids is 2. The Morgan fingerprint density at radius 1 is 1.00 bits per heavy atom. The van der Waals surface area contributed by atoms with Crippen molar-refractivity contribution in [2.24, 2.45) is 0 Å². The molecule has 158 valence electrons. The first-order chi connectivity index (χ1) is 14.0. The fourth-order valence-corrected chi connectivity index (χ4v) is 5.18. The maximum Gasteiger partial charge on any atom is 0.255 e. The van der Waals surface area contributed by atoms with Crippen LogP contribution in [0, 0.1) is 0 Å². The number of β-amino-alcohol motifs (C(OH)–C–C–N with tert-alkyl or cyclic N) is 1. The lowest BCUT2D eigenvalue weighted by atomic mass is 9.90. The molecule has 3 aliphatic rings. The number of carbonyl (C=O) groups is 2. The predicted octanol–water partition coefficient (Wildman–Crippen LogP) is 1.67. The Morgan fingerprint density at radius 2 is 1.76 bits per heavy atom. The molecule has 3 fully saturated rings. The van der Waals surface area contributed by atoms with E-state index in [4.69, 9.17) is 0 Å². The molecule has 1 saturated carbocycles. The van der Waals surface area contributed by atoms with Gasteiger partial charge in [-0.25, -0.2) is 0 Å². The number of hydrogen-bond donors (Lipinski definition) is 1. The van der Waals surface area contributed by atoms with Gasteiger partial charge in [-0.1, -0.05) is 43.2 Å². The Kier molecular flexibility index (Phi) is 6.20. The summed E-state index contributed by atoms with van der Waals surface area (Å²) in [7, 11) is 0. The van der Waals surface area contributed by atoms with Crippen LogP contribution in [0.5, 0.6) is 0 Å². The van der Waals surface area contributed by atoms with E-state index >= 15 is 0 Å². The average molecular weight is 400 g/mol. The van der Waals surface area contributed by atoms with Gasteiger partial charge >= 0.3 is 0 Å². The smallest absolute Gasteiger partial charge is 0.255 e. The molecule has 2 amide bonds. The van der Waals surface area contributed by atoms with Crippen LogP contribution in [0.1, 0.15) is 44.1 Å². The Balaban J connectivity index is 1.32. The van der Waals surface area contributed by atoms with Crippen LogP contribution in [0.2, 0.25) is 0 Å². The van der Waals surface area contributed by atoms with Crippen LogP contribution in [0.4, 0.5) is 0 Å². The van der Waals surface area contributed by atoms with Crippen molar-refractivity contribution in [3.8, 4) is 0 Å². The molecule has 1 aromatic carbocycles. The van der Waals surface area contributed by atoms with Crippen molar-refractivity contribution >= 4 is 11.8 Å². The third kappa shape index (κ3) is 4.64. The van der Waals surface area contributed by atoms with Gasteiger partial charge in [0.2, 0.25) is 5.91 Å². The highest BCUT2D eigenvalue weighted by atomic mass is 16.3. The fourth-order valence-electron chi connectivity index (χ4n) is 5.18. The highest BCUT2D eigenvalue weighted by molar-refractivity contribution is 5.86. The molecule has 2 heterocycles. The molecule has 0 bridgehead atoms. The van der Waals surface area contributed by atoms with Gasteiger partial charge in [0.25, 0.3) is 5.91 Å². The van der Waals surface area contributed by atoms with Gasteiger partial charge in [0.05, 0.1) is 6.54 Å². The molecule has 1 aromatic rings.